The van der Waals surface area contributed by atoms with Crippen molar-refractivity contribution in [1.29, 1.82) is 0 Å². The van der Waals surface area contributed by atoms with Crippen molar-refractivity contribution in [2.24, 2.45) is 5.10 Å². The summed E-state index contributed by atoms with van der Waals surface area (Å²) in [6.45, 7) is 0. The zero-order valence-corrected chi connectivity index (χ0v) is 15.1. The van der Waals surface area contributed by atoms with Crippen molar-refractivity contribution in [3.63, 3.8) is 0 Å². The van der Waals surface area contributed by atoms with Crippen LogP contribution in [0.3, 0.4) is 0 Å². The van der Waals surface area contributed by atoms with Crippen molar-refractivity contribution in [3.8, 4) is 0 Å². The quantitative estimate of drug-likeness (QED) is 0.456. The number of hydrogen-bond acceptors (Lipinski definition) is 5. The molecule has 2 rings (SSSR count). The molecule has 1 N–H and O–H groups in total. The Morgan fingerprint density at radius 1 is 1.16 bits per heavy atom. The summed E-state index contributed by atoms with van der Waals surface area (Å²) in [7, 11) is 1.33. The SMILES string of the molecule is COC(=O)c1ccc(/C=N/NC(=O)CSCc2ccc(Cl)cc2)cc1. The van der Waals surface area contributed by atoms with E-state index in [1.807, 2.05) is 24.3 Å². The van der Waals surface area contributed by atoms with Crippen LogP contribution in [0.25, 0.3) is 0 Å². The van der Waals surface area contributed by atoms with Gasteiger partial charge in [0.1, 0.15) is 0 Å². The van der Waals surface area contributed by atoms with Gasteiger partial charge in [-0.2, -0.15) is 5.10 Å². The number of thioether (sulfide) groups is 1. The van der Waals surface area contributed by atoms with Crippen molar-refractivity contribution >= 4 is 41.5 Å². The highest BCUT2D eigenvalue weighted by atomic mass is 35.5. The van der Waals surface area contributed by atoms with E-state index in [0.717, 1.165) is 16.9 Å². The van der Waals surface area contributed by atoms with Crippen LogP contribution in [0.1, 0.15) is 21.5 Å². The summed E-state index contributed by atoms with van der Waals surface area (Å²) >= 11 is 7.32. The number of nitrogens with one attached hydrogen (secondary N) is 1. The summed E-state index contributed by atoms with van der Waals surface area (Å²) in [4.78, 5) is 23.1. The van der Waals surface area contributed by atoms with Gasteiger partial charge in [0.25, 0.3) is 0 Å². The summed E-state index contributed by atoms with van der Waals surface area (Å²) in [6, 6.07) is 14.2. The second kappa shape index (κ2) is 9.86. The van der Waals surface area contributed by atoms with Crippen molar-refractivity contribution < 1.29 is 14.3 Å². The molecular formula is C18H17ClN2O3S. The minimum absolute atomic E-state index is 0.179. The maximum atomic E-state index is 11.7. The number of ether oxygens (including phenoxy) is 1. The third-order valence-corrected chi connectivity index (χ3v) is 4.41. The average molecular weight is 377 g/mol. The molecule has 2 aromatic rings. The molecule has 130 valence electrons. The minimum Gasteiger partial charge on any atom is -0.465 e. The second-order valence-corrected chi connectivity index (χ2v) is 6.45. The molecule has 0 fully saturated rings. The lowest BCUT2D eigenvalue weighted by Gasteiger charge is -2.02. The predicted molar refractivity (Wildman–Crippen MR) is 101 cm³/mol. The lowest BCUT2D eigenvalue weighted by Crippen LogP contribution is -2.19. The van der Waals surface area contributed by atoms with Crippen LogP contribution in [-0.2, 0) is 15.3 Å². The molecule has 0 unspecified atom stereocenters. The molecule has 0 aromatic heterocycles. The molecule has 0 aliphatic rings. The molecule has 0 aliphatic heterocycles. The monoisotopic (exact) mass is 376 g/mol. The van der Waals surface area contributed by atoms with Gasteiger partial charge in [-0.05, 0) is 35.4 Å². The van der Waals surface area contributed by atoms with Gasteiger partial charge in [-0.3, -0.25) is 4.79 Å². The zero-order valence-electron chi connectivity index (χ0n) is 13.6. The Balaban J connectivity index is 1.72. The number of carbonyl (C=O) groups excluding carboxylic acids is 2. The van der Waals surface area contributed by atoms with Gasteiger partial charge < -0.3 is 4.74 Å². The fourth-order valence-electron chi connectivity index (χ4n) is 1.88. The normalized spacial score (nSPS) is 10.6. The topological polar surface area (TPSA) is 67.8 Å². The fourth-order valence-corrected chi connectivity index (χ4v) is 2.78. The van der Waals surface area contributed by atoms with Crippen LogP contribution >= 0.6 is 23.4 Å². The molecule has 0 spiro atoms. The van der Waals surface area contributed by atoms with Crippen molar-refractivity contribution in [1.82, 2.24) is 5.43 Å². The molecule has 0 aliphatic carbocycles. The number of esters is 1. The summed E-state index contributed by atoms with van der Waals surface area (Å²) in [5.74, 6) is 0.459. The highest BCUT2D eigenvalue weighted by Crippen LogP contribution is 2.15. The Kier molecular flexibility index (Phi) is 7.50. The molecule has 0 radical (unpaired) electrons. The summed E-state index contributed by atoms with van der Waals surface area (Å²) in [5.41, 5.74) is 4.81. The lowest BCUT2D eigenvalue weighted by atomic mass is 10.1. The van der Waals surface area contributed by atoms with Gasteiger partial charge in [0, 0.05) is 10.8 Å². The van der Waals surface area contributed by atoms with Crippen molar-refractivity contribution in [2.75, 3.05) is 12.9 Å². The smallest absolute Gasteiger partial charge is 0.337 e. The predicted octanol–water partition coefficient (Wildman–Crippen LogP) is 3.51. The molecule has 0 bridgehead atoms. The van der Waals surface area contributed by atoms with E-state index in [1.54, 1.807) is 24.3 Å². The van der Waals surface area contributed by atoms with Gasteiger partial charge in [0.2, 0.25) is 5.91 Å². The number of hydrazone groups is 1. The standard InChI is InChI=1S/C18H17ClN2O3S/c1-24-18(23)15-6-2-13(3-7-15)10-20-21-17(22)12-25-11-14-4-8-16(19)9-5-14/h2-10H,11-12H2,1H3,(H,21,22)/b20-10+. The Bertz CT molecular complexity index is 746. The second-order valence-electron chi connectivity index (χ2n) is 5.03. The van der Waals surface area contributed by atoms with E-state index in [2.05, 4.69) is 15.3 Å². The Morgan fingerprint density at radius 3 is 2.48 bits per heavy atom. The Hall–Kier alpha value is -2.31. The average Bonchev–Trinajstić information content (AvgIpc) is 2.63. The first kappa shape index (κ1) is 19.0. The fraction of sp³-hybridized carbons (Fsp3) is 0.167. The van der Waals surface area contributed by atoms with Gasteiger partial charge >= 0.3 is 5.97 Å². The molecular weight excluding hydrogens is 360 g/mol. The van der Waals surface area contributed by atoms with E-state index >= 15 is 0 Å². The largest absolute Gasteiger partial charge is 0.465 e. The third kappa shape index (κ3) is 6.60. The Morgan fingerprint density at radius 2 is 1.84 bits per heavy atom. The van der Waals surface area contributed by atoms with Crippen LogP contribution in [-0.4, -0.2) is 31.0 Å². The van der Waals surface area contributed by atoms with Crippen LogP contribution in [0, 0.1) is 0 Å². The van der Waals surface area contributed by atoms with Crippen LogP contribution in [0.4, 0.5) is 0 Å². The number of benzene rings is 2. The molecule has 25 heavy (non-hydrogen) atoms. The maximum Gasteiger partial charge on any atom is 0.337 e. The van der Waals surface area contributed by atoms with Crippen LogP contribution in [0.2, 0.25) is 5.02 Å². The molecule has 5 nitrogen and oxygen atoms in total. The number of nitrogens with zero attached hydrogens (tertiary/aromatic N) is 1. The van der Waals surface area contributed by atoms with Crippen LogP contribution in [0.15, 0.2) is 53.6 Å². The molecule has 2 aromatic carbocycles. The molecule has 0 atom stereocenters. The summed E-state index contributed by atoms with van der Waals surface area (Å²) in [5, 5.41) is 4.60. The van der Waals surface area contributed by atoms with Crippen molar-refractivity contribution in [2.45, 2.75) is 5.75 Å². The third-order valence-electron chi connectivity index (χ3n) is 3.15. The molecule has 7 heteroatoms. The zero-order chi connectivity index (χ0) is 18.1. The van der Waals surface area contributed by atoms with Gasteiger partial charge in [0.05, 0.1) is 24.6 Å². The maximum absolute atomic E-state index is 11.7. The molecule has 0 saturated heterocycles. The number of carbonyl (C=O) groups is 2. The highest BCUT2D eigenvalue weighted by Gasteiger charge is 2.04. The number of rotatable bonds is 7. The van der Waals surface area contributed by atoms with Gasteiger partial charge in [0.15, 0.2) is 0 Å². The minimum atomic E-state index is -0.394. The number of amides is 1. The number of halogens is 1. The first-order valence-corrected chi connectivity index (χ1v) is 8.94. The van der Waals surface area contributed by atoms with Crippen LogP contribution in [0.5, 0.6) is 0 Å². The highest BCUT2D eigenvalue weighted by molar-refractivity contribution is 7.99. The molecule has 1 amide bonds. The first-order chi connectivity index (χ1) is 12.1. The molecule has 0 saturated carbocycles. The summed E-state index contributed by atoms with van der Waals surface area (Å²) in [6.07, 6.45) is 1.52. The summed E-state index contributed by atoms with van der Waals surface area (Å²) < 4.78 is 4.63. The van der Waals surface area contributed by atoms with E-state index in [-0.39, 0.29) is 5.91 Å². The van der Waals surface area contributed by atoms with E-state index in [9.17, 15) is 9.59 Å². The van der Waals surface area contributed by atoms with E-state index < -0.39 is 5.97 Å². The molecule has 0 heterocycles. The number of methoxy groups -OCH3 is 1. The van der Waals surface area contributed by atoms with Crippen molar-refractivity contribution in [3.05, 3.63) is 70.2 Å². The van der Waals surface area contributed by atoms with Gasteiger partial charge in [-0.15, -0.1) is 11.8 Å². The van der Waals surface area contributed by atoms with Gasteiger partial charge in [-0.1, -0.05) is 35.9 Å². The van der Waals surface area contributed by atoms with E-state index in [4.69, 9.17) is 11.6 Å². The van der Waals surface area contributed by atoms with E-state index in [1.165, 1.54) is 25.1 Å². The van der Waals surface area contributed by atoms with E-state index in [0.29, 0.717) is 16.3 Å². The first-order valence-electron chi connectivity index (χ1n) is 7.41. The lowest BCUT2D eigenvalue weighted by molar-refractivity contribution is -0.118. The Labute approximate surface area is 155 Å². The number of hydrogen-bond donors (Lipinski definition) is 1. The van der Waals surface area contributed by atoms with Crippen LogP contribution < -0.4 is 5.43 Å². The van der Waals surface area contributed by atoms with Gasteiger partial charge in [-0.25, -0.2) is 10.2 Å².